The molecule has 7 nitrogen and oxygen atoms in total. The highest BCUT2D eigenvalue weighted by molar-refractivity contribution is 5.89. The van der Waals surface area contributed by atoms with Crippen LogP contribution in [0.15, 0.2) is 0 Å². The molecule has 2 atom stereocenters. The zero-order chi connectivity index (χ0) is 12.3. The molecule has 1 aliphatic heterocycles. The van der Waals surface area contributed by atoms with E-state index >= 15 is 0 Å². The number of carboxylic acids is 1. The van der Waals surface area contributed by atoms with Crippen LogP contribution in [0.1, 0.15) is 13.3 Å². The fourth-order valence-corrected chi connectivity index (χ4v) is 1.69. The Balaban J connectivity index is 2.59. The summed E-state index contributed by atoms with van der Waals surface area (Å²) in [5.41, 5.74) is 0. The molecular weight excluding hydrogens is 216 g/mol. The van der Waals surface area contributed by atoms with Crippen molar-refractivity contribution in [3.05, 3.63) is 0 Å². The molecule has 3 N–H and O–H groups in total. The van der Waals surface area contributed by atoms with Gasteiger partial charge in [0.05, 0.1) is 6.10 Å². The molecular formula is C9H14N2O5. The molecule has 1 heterocycles. The number of likely N-dealkylation sites (tertiary alicyclic amines) is 1. The van der Waals surface area contributed by atoms with Crippen molar-refractivity contribution in [2.75, 3.05) is 13.1 Å². The summed E-state index contributed by atoms with van der Waals surface area (Å²) in [4.78, 5) is 34.2. The first-order valence-corrected chi connectivity index (χ1v) is 4.86. The number of nitrogens with zero attached hydrogens (tertiary/aromatic N) is 1. The molecule has 90 valence electrons. The highest BCUT2D eigenvalue weighted by atomic mass is 16.4. The number of rotatable bonds is 3. The molecule has 1 fully saturated rings. The minimum absolute atomic E-state index is 0.112. The topological polar surface area (TPSA) is 107 Å². The Morgan fingerprint density at radius 3 is 2.56 bits per heavy atom. The zero-order valence-electron chi connectivity index (χ0n) is 8.84. The van der Waals surface area contributed by atoms with Crippen LogP contribution >= 0.6 is 0 Å². The minimum atomic E-state index is -1.15. The van der Waals surface area contributed by atoms with E-state index in [0.29, 0.717) is 0 Å². The van der Waals surface area contributed by atoms with Gasteiger partial charge in [-0.3, -0.25) is 14.4 Å². The molecule has 0 saturated carbocycles. The molecule has 0 aromatic rings. The van der Waals surface area contributed by atoms with Crippen molar-refractivity contribution in [3.63, 3.8) is 0 Å². The zero-order valence-corrected chi connectivity index (χ0v) is 8.84. The smallest absolute Gasteiger partial charge is 0.322 e. The average Bonchev–Trinajstić information content (AvgIpc) is 2.56. The Kier molecular flexibility index (Phi) is 3.83. The molecule has 1 rings (SSSR count). The first-order chi connectivity index (χ1) is 7.41. The van der Waals surface area contributed by atoms with Crippen LogP contribution in [0, 0.1) is 0 Å². The van der Waals surface area contributed by atoms with Crippen LogP contribution in [0.2, 0.25) is 0 Å². The number of aliphatic carboxylic acids is 1. The van der Waals surface area contributed by atoms with Gasteiger partial charge in [0.2, 0.25) is 11.8 Å². The van der Waals surface area contributed by atoms with Crippen molar-refractivity contribution in [2.24, 2.45) is 0 Å². The van der Waals surface area contributed by atoms with Gasteiger partial charge in [0, 0.05) is 19.9 Å². The van der Waals surface area contributed by atoms with Crippen molar-refractivity contribution in [3.8, 4) is 0 Å². The van der Waals surface area contributed by atoms with Gasteiger partial charge in [-0.1, -0.05) is 0 Å². The summed E-state index contributed by atoms with van der Waals surface area (Å²) in [5.74, 6) is -2.01. The number of β-amino-alcohol motifs (C(OH)–C–C–N with tert-alkyl or cyclic N) is 1. The number of carboxylic acid groups (broad SMARTS) is 1. The average molecular weight is 230 g/mol. The van der Waals surface area contributed by atoms with Gasteiger partial charge in [0.15, 0.2) is 0 Å². The molecule has 2 unspecified atom stereocenters. The van der Waals surface area contributed by atoms with Crippen molar-refractivity contribution in [1.29, 1.82) is 0 Å². The summed E-state index contributed by atoms with van der Waals surface area (Å²) in [6.45, 7) is 0.924. The molecule has 0 aliphatic carbocycles. The molecule has 7 heteroatoms. The maximum Gasteiger partial charge on any atom is 0.322 e. The fourth-order valence-electron chi connectivity index (χ4n) is 1.69. The molecule has 0 aromatic carbocycles. The van der Waals surface area contributed by atoms with Gasteiger partial charge in [-0.25, -0.2) is 0 Å². The highest BCUT2D eigenvalue weighted by Crippen LogP contribution is 2.17. The molecule has 2 amide bonds. The van der Waals surface area contributed by atoms with Gasteiger partial charge in [0.1, 0.15) is 12.6 Å². The van der Waals surface area contributed by atoms with Crippen molar-refractivity contribution >= 4 is 17.8 Å². The van der Waals surface area contributed by atoms with Gasteiger partial charge >= 0.3 is 5.97 Å². The van der Waals surface area contributed by atoms with Crippen LogP contribution in [0.25, 0.3) is 0 Å². The Hall–Kier alpha value is -1.63. The van der Waals surface area contributed by atoms with Crippen molar-refractivity contribution < 1.29 is 24.6 Å². The molecule has 0 aromatic heterocycles. The van der Waals surface area contributed by atoms with E-state index < -0.39 is 30.6 Å². The van der Waals surface area contributed by atoms with E-state index in [1.54, 1.807) is 0 Å². The van der Waals surface area contributed by atoms with E-state index in [1.165, 1.54) is 11.8 Å². The summed E-state index contributed by atoms with van der Waals surface area (Å²) < 4.78 is 0. The number of aliphatic hydroxyl groups excluding tert-OH is 1. The summed E-state index contributed by atoms with van der Waals surface area (Å²) in [5, 5.41) is 19.9. The van der Waals surface area contributed by atoms with Gasteiger partial charge in [-0.2, -0.15) is 0 Å². The Bertz CT molecular complexity index is 317. The van der Waals surface area contributed by atoms with E-state index in [0.717, 1.165) is 0 Å². The first-order valence-electron chi connectivity index (χ1n) is 4.86. The van der Waals surface area contributed by atoms with E-state index in [1.807, 2.05) is 0 Å². The lowest BCUT2D eigenvalue weighted by atomic mass is 10.2. The van der Waals surface area contributed by atoms with Gasteiger partial charge in [-0.05, 0) is 0 Å². The number of hydrogen-bond acceptors (Lipinski definition) is 4. The van der Waals surface area contributed by atoms with E-state index in [4.69, 9.17) is 5.11 Å². The Labute approximate surface area is 92.0 Å². The molecule has 1 saturated heterocycles. The summed E-state index contributed by atoms with van der Waals surface area (Å²) >= 11 is 0. The third kappa shape index (κ3) is 2.93. The molecule has 0 bridgehead atoms. The number of carbonyl (C=O) groups excluding carboxylic acids is 2. The predicted molar refractivity (Wildman–Crippen MR) is 52.4 cm³/mol. The number of hydrogen-bond donors (Lipinski definition) is 3. The highest BCUT2D eigenvalue weighted by Gasteiger charge is 2.37. The molecule has 0 spiro atoms. The minimum Gasteiger partial charge on any atom is -0.480 e. The molecule has 16 heavy (non-hydrogen) atoms. The molecule has 1 aliphatic rings. The van der Waals surface area contributed by atoms with Crippen LogP contribution in [0.5, 0.6) is 0 Å². The number of aliphatic hydroxyl groups is 1. The lowest BCUT2D eigenvalue weighted by Gasteiger charge is -2.21. The number of carbonyl (C=O) groups is 3. The Morgan fingerprint density at radius 1 is 1.44 bits per heavy atom. The standard InChI is InChI=1S/C9H14N2O5/c1-5(12)11-4-6(13)2-7(11)9(16)10-3-8(14)15/h6-7,13H,2-4H2,1H3,(H,10,16)(H,14,15). The van der Waals surface area contributed by atoms with E-state index in [9.17, 15) is 19.5 Å². The third-order valence-electron chi connectivity index (χ3n) is 2.40. The quantitative estimate of drug-likeness (QED) is 0.528. The third-order valence-corrected chi connectivity index (χ3v) is 2.40. The SMILES string of the molecule is CC(=O)N1CC(O)CC1C(=O)NCC(=O)O. The van der Waals surface area contributed by atoms with Crippen LogP contribution in [-0.2, 0) is 14.4 Å². The maximum atomic E-state index is 11.5. The first kappa shape index (κ1) is 12.4. The second-order valence-electron chi connectivity index (χ2n) is 3.69. The van der Waals surface area contributed by atoms with Gasteiger partial charge in [-0.15, -0.1) is 0 Å². The summed E-state index contributed by atoms with van der Waals surface area (Å²) in [6.07, 6.45) is -0.588. The second-order valence-corrected chi connectivity index (χ2v) is 3.69. The Morgan fingerprint density at radius 2 is 2.06 bits per heavy atom. The predicted octanol–water partition coefficient (Wildman–Crippen LogP) is -1.83. The largest absolute Gasteiger partial charge is 0.480 e. The van der Waals surface area contributed by atoms with Gasteiger partial charge < -0.3 is 20.4 Å². The van der Waals surface area contributed by atoms with Crippen LogP contribution in [0.4, 0.5) is 0 Å². The lowest BCUT2D eigenvalue weighted by Crippen LogP contribution is -2.46. The monoisotopic (exact) mass is 230 g/mol. The normalized spacial score (nSPS) is 24.2. The van der Waals surface area contributed by atoms with Crippen LogP contribution in [0.3, 0.4) is 0 Å². The van der Waals surface area contributed by atoms with Gasteiger partial charge in [0.25, 0.3) is 0 Å². The van der Waals surface area contributed by atoms with Crippen LogP contribution < -0.4 is 5.32 Å². The fraction of sp³-hybridized carbons (Fsp3) is 0.667. The maximum absolute atomic E-state index is 11.5. The summed E-state index contributed by atoms with van der Waals surface area (Å²) in [7, 11) is 0. The summed E-state index contributed by atoms with van der Waals surface area (Å²) in [6, 6.07) is -0.771. The molecule has 0 radical (unpaired) electrons. The van der Waals surface area contributed by atoms with Crippen molar-refractivity contribution in [2.45, 2.75) is 25.5 Å². The lowest BCUT2D eigenvalue weighted by molar-refractivity contribution is -0.140. The number of nitrogens with one attached hydrogen (secondary N) is 1. The number of amides is 2. The van der Waals surface area contributed by atoms with Crippen molar-refractivity contribution in [1.82, 2.24) is 10.2 Å². The van der Waals surface area contributed by atoms with E-state index in [-0.39, 0.29) is 18.9 Å². The second kappa shape index (κ2) is 4.93. The van der Waals surface area contributed by atoms with Crippen LogP contribution in [-0.4, -0.2) is 58.1 Å². The van der Waals surface area contributed by atoms with E-state index in [2.05, 4.69) is 5.32 Å².